The largest absolute Gasteiger partial charge is 0.477 e. The molecule has 0 bridgehead atoms. The SMILES string of the molecule is C=CCN(C(=O)Cc1c(C)cc(C)cc1C)c1nc(C)sc1C(=O)O. The van der Waals surface area contributed by atoms with Crippen molar-refractivity contribution in [1.29, 1.82) is 0 Å². The van der Waals surface area contributed by atoms with Gasteiger partial charge < -0.3 is 5.11 Å². The average molecular weight is 358 g/mol. The molecule has 0 aliphatic carbocycles. The van der Waals surface area contributed by atoms with Crippen LogP contribution in [-0.4, -0.2) is 28.5 Å². The van der Waals surface area contributed by atoms with E-state index in [0.717, 1.165) is 33.6 Å². The van der Waals surface area contributed by atoms with Gasteiger partial charge in [0.15, 0.2) is 10.7 Å². The summed E-state index contributed by atoms with van der Waals surface area (Å²) >= 11 is 1.07. The van der Waals surface area contributed by atoms with Gasteiger partial charge in [-0.25, -0.2) is 9.78 Å². The van der Waals surface area contributed by atoms with Gasteiger partial charge in [-0.1, -0.05) is 23.8 Å². The third kappa shape index (κ3) is 4.14. The van der Waals surface area contributed by atoms with Crippen LogP contribution in [0.25, 0.3) is 0 Å². The number of thiazole rings is 1. The normalized spacial score (nSPS) is 10.6. The lowest BCUT2D eigenvalue weighted by Crippen LogP contribution is -2.34. The fourth-order valence-corrected chi connectivity index (χ4v) is 3.67. The molecule has 5 nitrogen and oxygen atoms in total. The van der Waals surface area contributed by atoms with Crippen LogP contribution >= 0.6 is 11.3 Å². The summed E-state index contributed by atoms with van der Waals surface area (Å²) in [5.41, 5.74) is 4.22. The van der Waals surface area contributed by atoms with E-state index in [4.69, 9.17) is 0 Å². The molecular formula is C19H22N2O3S. The number of anilines is 1. The summed E-state index contributed by atoms with van der Waals surface area (Å²) < 4.78 is 0. The maximum atomic E-state index is 12.9. The van der Waals surface area contributed by atoms with Gasteiger partial charge in [0.2, 0.25) is 5.91 Å². The summed E-state index contributed by atoms with van der Waals surface area (Å²) in [4.78, 5) is 30.1. The topological polar surface area (TPSA) is 70.5 Å². The first-order chi connectivity index (χ1) is 11.7. The summed E-state index contributed by atoms with van der Waals surface area (Å²) in [6.45, 7) is 11.6. The van der Waals surface area contributed by atoms with Crippen molar-refractivity contribution in [3.05, 3.63) is 56.9 Å². The molecule has 1 heterocycles. The number of rotatable bonds is 6. The number of carbonyl (C=O) groups is 2. The van der Waals surface area contributed by atoms with Gasteiger partial charge in [-0.15, -0.1) is 17.9 Å². The minimum Gasteiger partial charge on any atom is -0.477 e. The van der Waals surface area contributed by atoms with Gasteiger partial charge in [0, 0.05) is 6.54 Å². The van der Waals surface area contributed by atoms with Crippen molar-refractivity contribution in [2.24, 2.45) is 0 Å². The highest BCUT2D eigenvalue weighted by atomic mass is 32.1. The standard InChI is InChI=1S/C19H22N2O3S/c1-6-7-21(18-17(19(23)24)25-14(5)20-18)16(22)10-15-12(3)8-11(2)9-13(15)4/h6,8-9H,1,7,10H2,2-5H3,(H,23,24). The number of aromatic nitrogens is 1. The highest BCUT2D eigenvalue weighted by molar-refractivity contribution is 7.14. The molecule has 0 saturated carbocycles. The number of carboxylic acid groups (broad SMARTS) is 1. The van der Waals surface area contributed by atoms with Crippen LogP contribution in [-0.2, 0) is 11.2 Å². The second-order valence-corrected chi connectivity index (χ2v) is 7.24. The van der Waals surface area contributed by atoms with Crippen molar-refractivity contribution in [3.63, 3.8) is 0 Å². The summed E-state index contributed by atoms with van der Waals surface area (Å²) in [6, 6.07) is 4.09. The van der Waals surface area contributed by atoms with E-state index in [9.17, 15) is 14.7 Å². The Morgan fingerprint density at radius 1 is 1.24 bits per heavy atom. The van der Waals surface area contributed by atoms with E-state index in [-0.39, 0.29) is 29.6 Å². The quantitative estimate of drug-likeness (QED) is 0.797. The Morgan fingerprint density at radius 2 is 1.84 bits per heavy atom. The lowest BCUT2D eigenvalue weighted by Gasteiger charge is -2.21. The molecule has 1 aromatic carbocycles. The molecule has 25 heavy (non-hydrogen) atoms. The Balaban J connectivity index is 2.40. The van der Waals surface area contributed by atoms with Crippen LogP contribution in [0.1, 0.15) is 36.9 Å². The molecule has 0 aliphatic rings. The first-order valence-corrected chi connectivity index (χ1v) is 8.75. The van der Waals surface area contributed by atoms with Gasteiger partial charge in [0.1, 0.15) is 0 Å². The van der Waals surface area contributed by atoms with E-state index in [0.29, 0.717) is 5.01 Å². The maximum Gasteiger partial charge on any atom is 0.349 e. The van der Waals surface area contributed by atoms with Crippen LogP contribution in [0.2, 0.25) is 0 Å². The Hall–Kier alpha value is -2.47. The zero-order valence-corrected chi connectivity index (χ0v) is 15.7. The molecule has 0 aliphatic heterocycles. The van der Waals surface area contributed by atoms with Gasteiger partial charge >= 0.3 is 5.97 Å². The van der Waals surface area contributed by atoms with Gasteiger partial charge in [-0.05, 0) is 44.4 Å². The molecule has 2 rings (SSSR count). The van der Waals surface area contributed by atoms with Crippen LogP contribution in [0.4, 0.5) is 5.82 Å². The number of amides is 1. The zero-order valence-electron chi connectivity index (χ0n) is 14.9. The predicted octanol–water partition coefficient (Wildman–Crippen LogP) is 3.84. The third-order valence-corrected chi connectivity index (χ3v) is 4.90. The minimum absolute atomic E-state index is 0.0741. The monoisotopic (exact) mass is 358 g/mol. The second-order valence-electron chi connectivity index (χ2n) is 6.04. The molecule has 1 amide bonds. The molecule has 0 atom stereocenters. The average Bonchev–Trinajstić information content (AvgIpc) is 2.90. The highest BCUT2D eigenvalue weighted by Gasteiger charge is 2.25. The summed E-state index contributed by atoms with van der Waals surface area (Å²) in [6.07, 6.45) is 1.77. The van der Waals surface area contributed by atoms with Gasteiger partial charge in [-0.3, -0.25) is 9.69 Å². The molecule has 0 fully saturated rings. The van der Waals surface area contributed by atoms with E-state index in [1.807, 2.05) is 32.9 Å². The number of hydrogen-bond acceptors (Lipinski definition) is 4. The Morgan fingerprint density at radius 3 is 2.36 bits per heavy atom. The van der Waals surface area contributed by atoms with Gasteiger partial charge in [0.05, 0.1) is 11.4 Å². The molecule has 2 aromatic rings. The Labute approximate surface area is 151 Å². The molecule has 1 N–H and O–H groups in total. The number of carboxylic acids is 1. The fraction of sp³-hybridized carbons (Fsp3) is 0.316. The summed E-state index contributed by atoms with van der Waals surface area (Å²) in [7, 11) is 0. The van der Waals surface area contributed by atoms with Gasteiger partial charge in [-0.2, -0.15) is 0 Å². The first-order valence-electron chi connectivity index (χ1n) is 7.93. The van der Waals surface area contributed by atoms with E-state index < -0.39 is 5.97 Å². The third-order valence-electron chi connectivity index (χ3n) is 3.95. The number of aromatic carboxylic acids is 1. The second kappa shape index (κ2) is 7.61. The van der Waals surface area contributed by atoms with Gasteiger partial charge in [0.25, 0.3) is 0 Å². The van der Waals surface area contributed by atoms with E-state index in [1.165, 1.54) is 4.90 Å². The Kier molecular flexibility index (Phi) is 5.74. The number of nitrogens with zero attached hydrogens (tertiary/aromatic N) is 2. The molecule has 0 radical (unpaired) electrons. The predicted molar refractivity (Wildman–Crippen MR) is 101 cm³/mol. The lowest BCUT2D eigenvalue weighted by molar-refractivity contribution is -0.117. The number of aryl methyl sites for hydroxylation is 4. The van der Waals surface area contributed by atoms with Crippen LogP contribution in [0.3, 0.4) is 0 Å². The highest BCUT2D eigenvalue weighted by Crippen LogP contribution is 2.27. The molecule has 132 valence electrons. The molecule has 6 heteroatoms. The fourth-order valence-electron chi connectivity index (χ4n) is 2.91. The van der Waals surface area contributed by atoms with Crippen molar-refractivity contribution >= 4 is 29.0 Å². The van der Waals surface area contributed by atoms with Crippen LogP contribution < -0.4 is 4.90 Å². The van der Waals surface area contributed by atoms with Crippen molar-refractivity contribution in [2.75, 3.05) is 11.4 Å². The van der Waals surface area contributed by atoms with Crippen LogP contribution in [0, 0.1) is 27.7 Å². The first kappa shape index (κ1) is 18.9. The molecule has 1 aromatic heterocycles. The van der Waals surface area contributed by atoms with Crippen molar-refractivity contribution in [3.8, 4) is 0 Å². The summed E-state index contributed by atoms with van der Waals surface area (Å²) in [5, 5.41) is 10.0. The van der Waals surface area contributed by atoms with E-state index >= 15 is 0 Å². The van der Waals surface area contributed by atoms with Crippen molar-refractivity contribution in [2.45, 2.75) is 34.1 Å². The number of benzene rings is 1. The smallest absolute Gasteiger partial charge is 0.349 e. The Bertz CT molecular complexity index is 816. The molecule has 0 spiro atoms. The summed E-state index contributed by atoms with van der Waals surface area (Å²) in [5.74, 6) is -1.07. The van der Waals surface area contributed by atoms with E-state index in [2.05, 4.69) is 11.6 Å². The minimum atomic E-state index is -1.08. The lowest BCUT2D eigenvalue weighted by atomic mass is 9.97. The van der Waals surface area contributed by atoms with Crippen LogP contribution in [0.5, 0.6) is 0 Å². The molecule has 0 saturated heterocycles. The maximum absolute atomic E-state index is 12.9. The van der Waals surface area contributed by atoms with Crippen molar-refractivity contribution < 1.29 is 14.7 Å². The molecule has 0 unspecified atom stereocenters. The number of hydrogen-bond donors (Lipinski definition) is 1. The zero-order chi connectivity index (χ0) is 18.7. The number of carbonyl (C=O) groups excluding carboxylic acids is 1. The molecular weight excluding hydrogens is 336 g/mol. The van der Waals surface area contributed by atoms with Crippen molar-refractivity contribution in [1.82, 2.24) is 4.98 Å². The van der Waals surface area contributed by atoms with E-state index in [1.54, 1.807) is 13.0 Å². The van der Waals surface area contributed by atoms with Crippen LogP contribution in [0.15, 0.2) is 24.8 Å².